The van der Waals surface area contributed by atoms with Gasteiger partial charge in [-0.25, -0.2) is 0 Å². The van der Waals surface area contributed by atoms with Crippen LogP contribution in [0.2, 0.25) is 0 Å². The average molecular weight is 141 g/mol. The molecule has 0 amide bonds. The Morgan fingerprint density at radius 1 is 1.10 bits per heavy atom. The zero-order valence-electron chi connectivity index (χ0n) is 7.43. The second-order valence-electron chi connectivity index (χ2n) is 3.56. The SMILES string of the molecule is CCC1CN(C)CC1CC. The molecule has 60 valence electrons. The summed E-state index contributed by atoms with van der Waals surface area (Å²) in [4.78, 5) is 2.46. The van der Waals surface area contributed by atoms with Crippen LogP contribution in [0.25, 0.3) is 0 Å². The van der Waals surface area contributed by atoms with Crippen molar-refractivity contribution < 1.29 is 0 Å². The van der Waals surface area contributed by atoms with Crippen molar-refractivity contribution in [3.8, 4) is 0 Å². The molecule has 1 aliphatic heterocycles. The van der Waals surface area contributed by atoms with E-state index < -0.39 is 0 Å². The van der Waals surface area contributed by atoms with Gasteiger partial charge in [0.05, 0.1) is 0 Å². The molecule has 1 saturated heterocycles. The Balaban J connectivity index is 2.41. The van der Waals surface area contributed by atoms with E-state index in [0.717, 1.165) is 11.8 Å². The van der Waals surface area contributed by atoms with Gasteiger partial charge >= 0.3 is 0 Å². The first-order chi connectivity index (χ1) is 4.77. The smallest absolute Gasteiger partial charge is 0.000975 e. The van der Waals surface area contributed by atoms with Crippen molar-refractivity contribution in [3.05, 3.63) is 0 Å². The Labute approximate surface area is 64.4 Å². The molecule has 0 aromatic carbocycles. The van der Waals surface area contributed by atoms with Crippen LogP contribution in [0, 0.1) is 11.8 Å². The number of likely N-dealkylation sites (tertiary alicyclic amines) is 1. The highest BCUT2D eigenvalue weighted by atomic mass is 15.1. The Hall–Kier alpha value is -0.0400. The lowest BCUT2D eigenvalue weighted by atomic mass is 9.92. The summed E-state index contributed by atoms with van der Waals surface area (Å²) in [6.07, 6.45) is 2.73. The molecule has 0 aliphatic carbocycles. The Morgan fingerprint density at radius 3 is 1.80 bits per heavy atom. The van der Waals surface area contributed by atoms with E-state index in [2.05, 4.69) is 25.8 Å². The van der Waals surface area contributed by atoms with Gasteiger partial charge in [-0.05, 0) is 18.9 Å². The molecular weight excluding hydrogens is 122 g/mol. The van der Waals surface area contributed by atoms with Crippen LogP contribution in [0.1, 0.15) is 26.7 Å². The molecule has 2 atom stereocenters. The van der Waals surface area contributed by atoms with Crippen LogP contribution in [-0.2, 0) is 0 Å². The lowest BCUT2D eigenvalue weighted by molar-refractivity contribution is 0.392. The van der Waals surface area contributed by atoms with Crippen LogP contribution in [0.4, 0.5) is 0 Å². The summed E-state index contributed by atoms with van der Waals surface area (Å²) in [5.74, 6) is 1.96. The summed E-state index contributed by atoms with van der Waals surface area (Å²) in [5.41, 5.74) is 0. The number of rotatable bonds is 2. The minimum absolute atomic E-state index is 0.981. The van der Waals surface area contributed by atoms with Crippen molar-refractivity contribution in [2.24, 2.45) is 11.8 Å². The lowest BCUT2D eigenvalue weighted by Crippen LogP contribution is -2.13. The lowest BCUT2D eigenvalue weighted by Gasteiger charge is -2.12. The van der Waals surface area contributed by atoms with Crippen LogP contribution in [0.5, 0.6) is 0 Å². The molecule has 0 N–H and O–H groups in total. The van der Waals surface area contributed by atoms with Crippen LogP contribution in [0.3, 0.4) is 0 Å². The van der Waals surface area contributed by atoms with E-state index in [-0.39, 0.29) is 0 Å². The molecular formula is C9H19N. The minimum atomic E-state index is 0.981. The molecule has 0 radical (unpaired) electrons. The van der Waals surface area contributed by atoms with Crippen LogP contribution < -0.4 is 0 Å². The summed E-state index contributed by atoms with van der Waals surface area (Å²) in [5, 5.41) is 0. The van der Waals surface area contributed by atoms with Crippen molar-refractivity contribution >= 4 is 0 Å². The standard InChI is InChI=1S/C9H19N/c1-4-8-6-10(3)7-9(8)5-2/h8-9H,4-7H2,1-3H3. The quantitative estimate of drug-likeness (QED) is 0.568. The number of hydrogen-bond donors (Lipinski definition) is 0. The second-order valence-corrected chi connectivity index (χ2v) is 3.56. The zero-order valence-corrected chi connectivity index (χ0v) is 7.43. The van der Waals surface area contributed by atoms with E-state index in [1.54, 1.807) is 0 Å². The highest BCUT2D eigenvalue weighted by Gasteiger charge is 2.27. The van der Waals surface area contributed by atoms with E-state index >= 15 is 0 Å². The van der Waals surface area contributed by atoms with Crippen molar-refractivity contribution in [1.29, 1.82) is 0 Å². The summed E-state index contributed by atoms with van der Waals surface area (Å²) < 4.78 is 0. The first kappa shape index (κ1) is 8.06. The van der Waals surface area contributed by atoms with Gasteiger partial charge in [-0.3, -0.25) is 0 Å². The largest absolute Gasteiger partial charge is 0.306 e. The van der Waals surface area contributed by atoms with Crippen LogP contribution >= 0.6 is 0 Å². The van der Waals surface area contributed by atoms with Gasteiger partial charge in [-0.2, -0.15) is 0 Å². The molecule has 2 unspecified atom stereocenters. The van der Waals surface area contributed by atoms with Gasteiger partial charge < -0.3 is 4.90 Å². The van der Waals surface area contributed by atoms with E-state index in [9.17, 15) is 0 Å². The van der Waals surface area contributed by atoms with Crippen molar-refractivity contribution in [3.63, 3.8) is 0 Å². The summed E-state index contributed by atoms with van der Waals surface area (Å²) in [6.45, 7) is 7.28. The molecule has 1 nitrogen and oxygen atoms in total. The maximum Gasteiger partial charge on any atom is 0.000975 e. The predicted octanol–water partition coefficient (Wildman–Crippen LogP) is 1.98. The van der Waals surface area contributed by atoms with Gasteiger partial charge in [-0.15, -0.1) is 0 Å². The third-order valence-corrected chi connectivity index (χ3v) is 2.81. The molecule has 1 rings (SSSR count). The molecule has 0 spiro atoms. The topological polar surface area (TPSA) is 3.24 Å². The third-order valence-electron chi connectivity index (χ3n) is 2.81. The van der Waals surface area contributed by atoms with E-state index in [1.807, 2.05) is 0 Å². The normalized spacial score (nSPS) is 35.1. The Morgan fingerprint density at radius 2 is 1.50 bits per heavy atom. The fourth-order valence-electron chi connectivity index (χ4n) is 2.10. The fourth-order valence-corrected chi connectivity index (χ4v) is 2.10. The summed E-state index contributed by atoms with van der Waals surface area (Å²) >= 11 is 0. The molecule has 1 heterocycles. The van der Waals surface area contributed by atoms with E-state index in [4.69, 9.17) is 0 Å². The van der Waals surface area contributed by atoms with Gasteiger partial charge in [0, 0.05) is 13.1 Å². The first-order valence-corrected chi connectivity index (χ1v) is 4.46. The Kier molecular flexibility index (Phi) is 2.72. The van der Waals surface area contributed by atoms with Gasteiger partial charge in [0.2, 0.25) is 0 Å². The molecule has 10 heavy (non-hydrogen) atoms. The second kappa shape index (κ2) is 3.38. The third kappa shape index (κ3) is 1.51. The predicted molar refractivity (Wildman–Crippen MR) is 45.1 cm³/mol. The van der Waals surface area contributed by atoms with Crippen molar-refractivity contribution in [1.82, 2.24) is 4.90 Å². The fraction of sp³-hybridized carbons (Fsp3) is 1.00. The zero-order chi connectivity index (χ0) is 7.56. The van der Waals surface area contributed by atoms with Gasteiger partial charge in [0.15, 0.2) is 0 Å². The summed E-state index contributed by atoms with van der Waals surface area (Å²) in [6, 6.07) is 0. The number of nitrogens with zero attached hydrogens (tertiary/aromatic N) is 1. The maximum atomic E-state index is 2.46. The Bertz CT molecular complexity index is 88.9. The summed E-state index contributed by atoms with van der Waals surface area (Å²) in [7, 11) is 2.23. The number of hydrogen-bond acceptors (Lipinski definition) is 1. The monoisotopic (exact) mass is 141 g/mol. The van der Waals surface area contributed by atoms with Crippen molar-refractivity contribution in [2.45, 2.75) is 26.7 Å². The minimum Gasteiger partial charge on any atom is -0.306 e. The van der Waals surface area contributed by atoms with Gasteiger partial charge in [-0.1, -0.05) is 26.7 Å². The van der Waals surface area contributed by atoms with Crippen LogP contribution in [-0.4, -0.2) is 25.0 Å². The molecule has 1 fully saturated rings. The highest BCUT2D eigenvalue weighted by molar-refractivity contribution is 4.80. The highest BCUT2D eigenvalue weighted by Crippen LogP contribution is 2.26. The van der Waals surface area contributed by atoms with Gasteiger partial charge in [0.1, 0.15) is 0 Å². The van der Waals surface area contributed by atoms with Crippen LogP contribution in [0.15, 0.2) is 0 Å². The van der Waals surface area contributed by atoms with Gasteiger partial charge in [0.25, 0.3) is 0 Å². The molecule has 0 bridgehead atoms. The molecule has 0 aromatic heterocycles. The average Bonchev–Trinajstić information content (AvgIpc) is 2.30. The molecule has 0 saturated carbocycles. The van der Waals surface area contributed by atoms with E-state index in [0.29, 0.717) is 0 Å². The molecule has 1 heteroatoms. The van der Waals surface area contributed by atoms with Crippen molar-refractivity contribution in [2.75, 3.05) is 20.1 Å². The molecule has 0 aromatic rings. The first-order valence-electron chi connectivity index (χ1n) is 4.46. The molecule has 1 aliphatic rings. The van der Waals surface area contributed by atoms with E-state index in [1.165, 1.54) is 25.9 Å². The maximum absolute atomic E-state index is 2.46.